The minimum atomic E-state index is -4.44. The summed E-state index contributed by atoms with van der Waals surface area (Å²) in [5, 5.41) is 23.4. The second-order valence-electron chi connectivity index (χ2n) is 14.8. The quantitative estimate of drug-likeness (QED) is 0.0286. The first kappa shape index (κ1) is 48.0. The minimum Gasteiger partial charge on any atom is -0.387 e. The third-order valence-electron chi connectivity index (χ3n) is 9.82. The van der Waals surface area contributed by atoms with Gasteiger partial charge in [-0.2, -0.15) is 8.42 Å². The van der Waals surface area contributed by atoms with Crippen LogP contribution in [-0.2, 0) is 14.9 Å². The number of nitrogens with one attached hydrogen (secondary N) is 1. The van der Waals surface area contributed by atoms with Crippen molar-refractivity contribution >= 4 is 16.0 Å². The smallest absolute Gasteiger partial charge is 0.267 e. The molecule has 0 spiro atoms. The average Bonchev–Trinajstić information content (AvgIpc) is 3.06. The minimum absolute atomic E-state index is 0.286. The van der Waals surface area contributed by atoms with Gasteiger partial charge in [0.2, 0.25) is 5.91 Å². The fourth-order valence-corrected chi connectivity index (χ4v) is 7.31. The molecule has 0 radical (unpaired) electrons. The molecule has 4 N–H and O–H groups in total. The van der Waals surface area contributed by atoms with Crippen molar-refractivity contribution in [2.75, 3.05) is 5.75 Å². The van der Waals surface area contributed by atoms with Crippen LogP contribution in [0.15, 0.2) is 12.2 Å². The van der Waals surface area contributed by atoms with E-state index in [2.05, 4.69) is 19.2 Å². The predicted octanol–water partition coefficient (Wildman–Crippen LogP) is 11.2. The molecular weight excluding hydrogens is 635 g/mol. The van der Waals surface area contributed by atoms with Gasteiger partial charge in [-0.1, -0.05) is 212 Å². The number of hydrogen-bond donors (Lipinski definition) is 4. The zero-order valence-corrected chi connectivity index (χ0v) is 33.0. The van der Waals surface area contributed by atoms with E-state index in [1.807, 2.05) is 6.08 Å². The maximum atomic E-state index is 12.6. The van der Waals surface area contributed by atoms with Crippen LogP contribution in [0.25, 0.3) is 0 Å². The van der Waals surface area contributed by atoms with E-state index in [4.69, 9.17) is 0 Å². The summed E-state index contributed by atoms with van der Waals surface area (Å²) in [4.78, 5) is 12.6. The molecule has 7 nitrogen and oxygen atoms in total. The van der Waals surface area contributed by atoms with E-state index < -0.39 is 40.0 Å². The normalized spacial score (nSPS) is 14.0. The van der Waals surface area contributed by atoms with Crippen molar-refractivity contribution in [2.24, 2.45) is 0 Å². The SMILES string of the molecule is CCCCCCCCCCCCCCCCC/C=C/C(O)C(CS(=O)(=O)O)NC(=O)C(O)CCCCCCCCCCCCCCCCC. The molecule has 0 aliphatic rings. The molecule has 3 unspecified atom stereocenters. The zero-order chi connectivity index (χ0) is 36.3. The zero-order valence-electron chi connectivity index (χ0n) is 32.2. The van der Waals surface area contributed by atoms with Gasteiger partial charge in [0.1, 0.15) is 6.10 Å². The van der Waals surface area contributed by atoms with Crippen LogP contribution >= 0.6 is 0 Å². The molecular formula is C41H81NO6S. The Balaban J connectivity index is 4.01. The first-order chi connectivity index (χ1) is 23.7. The summed E-state index contributed by atoms with van der Waals surface area (Å²) < 4.78 is 32.5. The van der Waals surface area contributed by atoms with Gasteiger partial charge in [0.15, 0.2) is 0 Å². The standard InChI is InChI=1S/C41H81NO6S/c1-3-5-7-9-11-13-15-17-19-20-22-23-25-27-29-31-33-35-39(43)38(37-49(46,47)48)42-41(45)40(44)36-34-32-30-28-26-24-21-18-16-14-12-10-8-6-4-2/h33,35,38-40,43-44H,3-32,34,36-37H2,1-2H3,(H,42,45)(H,46,47,48)/b35-33+. The number of rotatable bonds is 38. The Bertz CT molecular complexity index is 849. The van der Waals surface area contributed by atoms with E-state index >= 15 is 0 Å². The lowest BCUT2D eigenvalue weighted by Gasteiger charge is -2.22. The van der Waals surface area contributed by atoms with Gasteiger partial charge in [0.25, 0.3) is 10.1 Å². The number of carbonyl (C=O) groups is 1. The van der Waals surface area contributed by atoms with Crippen LogP contribution in [0.4, 0.5) is 0 Å². The largest absolute Gasteiger partial charge is 0.387 e. The summed E-state index contributed by atoms with van der Waals surface area (Å²) >= 11 is 0. The maximum Gasteiger partial charge on any atom is 0.267 e. The van der Waals surface area contributed by atoms with Gasteiger partial charge in [-0.05, 0) is 19.3 Å². The fourth-order valence-electron chi connectivity index (χ4n) is 6.57. The summed E-state index contributed by atoms with van der Waals surface area (Å²) in [6, 6.07) is -1.23. The molecule has 0 aromatic rings. The summed E-state index contributed by atoms with van der Waals surface area (Å²) in [5.41, 5.74) is 0. The highest BCUT2D eigenvalue weighted by Gasteiger charge is 2.27. The van der Waals surface area contributed by atoms with Crippen LogP contribution in [0.5, 0.6) is 0 Å². The van der Waals surface area contributed by atoms with Crippen molar-refractivity contribution in [1.82, 2.24) is 5.32 Å². The van der Waals surface area contributed by atoms with E-state index in [0.29, 0.717) is 6.42 Å². The number of aliphatic hydroxyl groups is 2. The van der Waals surface area contributed by atoms with Gasteiger partial charge in [-0.15, -0.1) is 0 Å². The Morgan fingerprint density at radius 1 is 0.551 bits per heavy atom. The van der Waals surface area contributed by atoms with E-state index in [-0.39, 0.29) is 6.42 Å². The van der Waals surface area contributed by atoms with Gasteiger partial charge in [-0.25, -0.2) is 0 Å². The molecule has 0 bridgehead atoms. The molecule has 49 heavy (non-hydrogen) atoms. The van der Waals surface area contributed by atoms with Crippen molar-refractivity contribution in [3.63, 3.8) is 0 Å². The van der Waals surface area contributed by atoms with E-state index in [1.165, 1.54) is 160 Å². The van der Waals surface area contributed by atoms with Crippen LogP contribution < -0.4 is 5.32 Å². The molecule has 1 amide bonds. The third-order valence-corrected chi connectivity index (χ3v) is 10.6. The Hall–Kier alpha value is -0.960. The molecule has 0 rings (SSSR count). The molecule has 0 fully saturated rings. The number of allylic oxidation sites excluding steroid dienone is 1. The molecule has 8 heteroatoms. The first-order valence-corrected chi connectivity index (χ1v) is 22.6. The molecule has 292 valence electrons. The monoisotopic (exact) mass is 716 g/mol. The lowest BCUT2D eigenvalue weighted by atomic mass is 10.0. The predicted molar refractivity (Wildman–Crippen MR) is 209 cm³/mol. The number of unbranched alkanes of at least 4 members (excludes halogenated alkanes) is 29. The number of hydrogen-bond acceptors (Lipinski definition) is 5. The molecule has 0 saturated carbocycles. The Kier molecular flexibility index (Phi) is 34.7. The summed E-state index contributed by atoms with van der Waals surface area (Å²) in [5.74, 6) is -1.52. The molecule has 3 atom stereocenters. The van der Waals surface area contributed by atoms with Crippen molar-refractivity contribution in [2.45, 2.75) is 238 Å². The molecule has 0 heterocycles. The van der Waals surface area contributed by atoms with Gasteiger partial charge in [0, 0.05) is 0 Å². The number of amides is 1. The van der Waals surface area contributed by atoms with Gasteiger partial charge < -0.3 is 15.5 Å². The topological polar surface area (TPSA) is 124 Å². The molecule has 0 aromatic carbocycles. The van der Waals surface area contributed by atoms with Crippen LogP contribution in [-0.4, -0.2) is 53.1 Å². The van der Waals surface area contributed by atoms with Crippen LogP contribution in [0.2, 0.25) is 0 Å². The fraction of sp³-hybridized carbons (Fsp3) is 0.927. The van der Waals surface area contributed by atoms with E-state index in [9.17, 15) is 28.0 Å². The highest BCUT2D eigenvalue weighted by atomic mass is 32.2. The van der Waals surface area contributed by atoms with Gasteiger partial charge in [-0.3, -0.25) is 9.35 Å². The molecule has 0 aliphatic heterocycles. The average molecular weight is 716 g/mol. The second kappa shape index (κ2) is 35.4. The van der Waals surface area contributed by atoms with Crippen molar-refractivity contribution in [3.05, 3.63) is 12.2 Å². The second-order valence-corrected chi connectivity index (χ2v) is 16.3. The van der Waals surface area contributed by atoms with Gasteiger partial charge in [0.05, 0.1) is 17.9 Å². The van der Waals surface area contributed by atoms with E-state index in [0.717, 1.165) is 38.5 Å². The lowest BCUT2D eigenvalue weighted by molar-refractivity contribution is -0.130. The number of aliphatic hydroxyl groups excluding tert-OH is 2. The van der Waals surface area contributed by atoms with Crippen LogP contribution in [0.1, 0.15) is 219 Å². The molecule has 0 saturated heterocycles. The molecule has 0 aliphatic carbocycles. The van der Waals surface area contributed by atoms with Crippen molar-refractivity contribution < 1.29 is 28.0 Å². The highest BCUT2D eigenvalue weighted by Crippen LogP contribution is 2.16. The summed E-state index contributed by atoms with van der Waals surface area (Å²) in [7, 11) is -4.44. The van der Waals surface area contributed by atoms with E-state index in [1.54, 1.807) is 0 Å². The third kappa shape index (κ3) is 35.2. The lowest BCUT2D eigenvalue weighted by Crippen LogP contribution is -2.50. The van der Waals surface area contributed by atoms with Crippen LogP contribution in [0.3, 0.4) is 0 Å². The number of carbonyl (C=O) groups excluding carboxylic acids is 1. The van der Waals surface area contributed by atoms with Crippen molar-refractivity contribution in [3.8, 4) is 0 Å². The Labute approximate surface area is 304 Å². The van der Waals surface area contributed by atoms with Crippen LogP contribution in [0, 0.1) is 0 Å². The summed E-state index contributed by atoms with van der Waals surface area (Å²) in [6.45, 7) is 4.51. The summed E-state index contributed by atoms with van der Waals surface area (Å²) in [6.07, 6.45) is 39.8. The van der Waals surface area contributed by atoms with Crippen molar-refractivity contribution in [1.29, 1.82) is 0 Å². The molecule has 0 aromatic heterocycles. The maximum absolute atomic E-state index is 12.6. The first-order valence-electron chi connectivity index (χ1n) is 21.0. The Morgan fingerprint density at radius 3 is 1.22 bits per heavy atom. The van der Waals surface area contributed by atoms with Gasteiger partial charge >= 0.3 is 0 Å². The highest BCUT2D eigenvalue weighted by molar-refractivity contribution is 7.85. The Morgan fingerprint density at radius 2 is 0.878 bits per heavy atom.